The molecule has 0 unspecified atom stereocenters. The molecule has 0 heterocycles. The van der Waals surface area contributed by atoms with Crippen LogP contribution in [0, 0.1) is 0 Å². The molecule has 1 aromatic rings. The van der Waals surface area contributed by atoms with Crippen molar-refractivity contribution in [2.45, 2.75) is 13.5 Å². The summed E-state index contributed by atoms with van der Waals surface area (Å²) in [6.45, 7) is 3.39. The van der Waals surface area contributed by atoms with Crippen LogP contribution in [0.5, 0.6) is 0 Å². The average molecular weight is 207 g/mol. The van der Waals surface area contributed by atoms with E-state index in [4.69, 9.17) is 5.73 Å². The molecule has 0 saturated heterocycles. The smallest absolute Gasteiger partial charge is 0.216 e. The molecular formula is C11H17N3O. The van der Waals surface area contributed by atoms with E-state index >= 15 is 0 Å². The molecule has 1 aromatic carbocycles. The van der Waals surface area contributed by atoms with Crippen molar-refractivity contribution in [2.75, 3.05) is 18.4 Å². The SMILES string of the molecule is CC(=O)NCCNc1cccc(CN)c1. The standard InChI is InChI=1S/C11H17N3O/c1-9(15)13-5-6-14-11-4-2-3-10(7-11)8-12/h2-4,7,14H,5-6,8,12H2,1H3,(H,13,15). The van der Waals surface area contributed by atoms with E-state index in [0.29, 0.717) is 19.6 Å². The maximum atomic E-state index is 10.6. The molecular weight excluding hydrogens is 190 g/mol. The lowest BCUT2D eigenvalue weighted by atomic mass is 10.2. The van der Waals surface area contributed by atoms with Crippen molar-refractivity contribution < 1.29 is 4.79 Å². The highest BCUT2D eigenvalue weighted by molar-refractivity contribution is 5.72. The second-order valence-electron chi connectivity index (χ2n) is 3.31. The van der Waals surface area contributed by atoms with Crippen LogP contribution in [0.2, 0.25) is 0 Å². The van der Waals surface area contributed by atoms with E-state index in [1.165, 1.54) is 6.92 Å². The Hall–Kier alpha value is -1.55. The van der Waals surface area contributed by atoms with Crippen LogP contribution >= 0.6 is 0 Å². The largest absolute Gasteiger partial charge is 0.383 e. The molecule has 1 rings (SSSR count). The van der Waals surface area contributed by atoms with Crippen molar-refractivity contribution in [1.82, 2.24) is 5.32 Å². The van der Waals surface area contributed by atoms with E-state index in [1.54, 1.807) is 0 Å². The lowest BCUT2D eigenvalue weighted by Gasteiger charge is -2.07. The Bertz CT molecular complexity index is 325. The van der Waals surface area contributed by atoms with E-state index in [-0.39, 0.29) is 5.91 Å². The van der Waals surface area contributed by atoms with Gasteiger partial charge >= 0.3 is 0 Å². The van der Waals surface area contributed by atoms with E-state index in [2.05, 4.69) is 10.6 Å². The van der Waals surface area contributed by atoms with Crippen molar-refractivity contribution in [3.05, 3.63) is 29.8 Å². The Morgan fingerprint density at radius 1 is 1.40 bits per heavy atom. The Morgan fingerprint density at radius 3 is 2.87 bits per heavy atom. The van der Waals surface area contributed by atoms with Gasteiger partial charge in [0, 0.05) is 32.2 Å². The fourth-order valence-corrected chi connectivity index (χ4v) is 1.25. The predicted octanol–water partition coefficient (Wildman–Crippen LogP) is 0.693. The van der Waals surface area contributed by atoms with Gasteiger partial charge in [0.25, 0.3) is 0 Å². The number of nitrogens with two attached hydrogens (primary N) is 1. The topological polar surface area (TPSA) is 67.2 Å². The Labute approximate surface area is 89.9 Å². The molecule has 82 valence electrons. The predicted molar refractivity (Wildman–Crippen MR) is 61.5 cm³/mol. The third-order valence-corrected chi connectivity index (χ3v) is 1.99. The van der Waals surface area contributed by atoms with Gasteiger partial charge in [0.2, 0.25) is 5.91 Å². The van der Waals surface area contributed by atoms with E-state index in [1.807, 2.05) is 24.3 Å². The summed E-state index contributed by atoms with van der Waals surface area (Å²) in [7, 11) is 0. The van der Waals surface area contributed by atoms with Crippen LogP contribution in [0.15, 0.2) is 24.3 Å². The minimum atomic E-state index is -0.00694. The summed E-state index contributed by atoms with van der Waals surface area (Å²) in [5.41, 5.74) is 7.66. The molecule has 4 N–H and O–H groups in total. The Balaban J connectivity index is 2.33. The number of hydrogen-bond donors (Lipinski definition) is 3. The number of anilines is 1. The molecule has 0 atom stereocenters. The van der Waals surface area contributed by atoms with Gasteiger partial charge in [0.05, 0.1) is 0 Å². The summed E-state index contributed by atoms with van der Waals surface area (Å²) in [4.78, 5) is 10.6. The molecule has 4 heteroatoms. The van der Waals surface area contributed by atoms with Crippen LogP contribution in [-0.4, -0.2) is 19.0 Å². The molecule has 0 aliphatic rings. The van der Waals surface area contributed by atoms with Gasteiger partial charge in [-0.2, -0.15) is 0 Å². The highest BCUT2D eigenvalue weighted by atomic mass is 16.1. The van der Waals surface area contributed by atoms with Crippen LogP contribution < -0.4 is 16.4 Å². The molecule has 15 heavy (non-hydrogen) atoms. The normalized spacial score (nSPS) is 9.73. The minimum Gasteiger partial charge on any atom is -0.383 e. The van der Waals surface area contributed by atoms with Gasteiger partial charge in [-0.05, 0) is 17.7 Å². The van der Waals surface area contributed by atoms with Crippen molar-refractivity contribution in [3.8, 4) is 0 Å². The number of carbonyl (C=O) groups excluding carboxylic acids is 1. The lowest BCUT2D eigenvalue weighted by Crippen LogP contribution is -2.26. The summed E-state index contributed by atoms with van der Waals surface area (Å²) in [5, 5.41) is 5.92. The van der Waals surface area contributed by atoms with Crippen LogP contribution in [0.3, 0.4) is 0 Å². The number of rotatable bonds is 5. The van der Waals surface area contributed by atoms with Crippen LogP contribution in [-0.2, 0) is 11.3 Å². The number of nitrogens with one attached hydrogen (secondary N) is 2. The van der Waals surface area contributed by atoms with Crippen molar-refractivity contribution >= 4 is 11.6 Å². The molecule has 0 aliphatic heterocycles. The van der Waals surface area contributed by atoms with E-state index < -0.39 is 0 Å². The van der Waals surface area contributed by atoms with Gasteiger partial charge in [0.1, 0.15) is 0 Å². The van der Waals surface area contributed by atoms with Gasteiger partial charge in [0.15, 0.2) is 0 Å². The van der Waals surface area contributed by atoms with Gasteiger partial charge in [-0.15, -0.1) is 0 Å². The molecule has 0 bridgehead atoms. The second-order valence-corrected chi connectivity index (χ2v) is 3.31. The molecule has 0 fully saturated rings. The van der Waals surface area contributed by atoms with Gasteiger partial charge in [-0.3, -0.25) is 4.79 Å². The van der Waals surface area contributed by atoms with Crippen molar-refractivity contribution in [3.63, 3.8) is 0 Å². The fraction of sp³-hybridized carbons (Fsp3) is 0.364. The molecule has 0 radical (unpaired) electrons. The first-order valence-electron chi connectivity index (χ1n) is 4.99. The first-order valence-corrected chi connectivity index (χ1v) is 4.99. The zero-order valence-electron chi connectivity index (χ0n) is 8.92. The zero-order chi connectivity index (χ0) is 11.1. The summed E-state index contributed by atoms with van der Waals surface area (Å²) in [5.74, 6) is -0.00694. The van der Waals surface area contributed by atoms with Gasteiger partial charge < -0.3 is 16.4 Å². The first-order chi connectivity index (χ1) is 7.22. The van der Waals surface area contributed by atoms with Gasteiger partial charge in [-0.1, -0.05) is 12.1 Å². The summed E-state index contributed by atoms with van der Waals surface area (Å²) in [6.07, 6.45) is 0. The summed E-state index contributed by atoms with van der Waals surface area (Å²) >= 11 is 0. The maximum absolute atomic E-state index is 10.6. The maximum Gasteiger partial charge on any atom is 0.216 e. The van der Waals surface area contributed by atoms with Crippen LogP contribution in [0.25, 0.3) is 0 Å². The third-order valence-electron chi connectivity index (χ3n) is 1.99. The quantitative estimate of drug-likeness (QED) is 0.622. The van der Waals surface area contributed by atoms with E-state index in [9.17, 15) is 4.79 Å². The fourth-order valence-electron chi connectivity index (χ4n) is 1.25. The number of carbonyl (C=O) groups is 1. The van der Waals surface area contributed by atoms with Gasteiger partial charge in [-0.25, -0.2) is 0 Å². The lowest BCUT2D eigenvalue weighted by molar-refractivity contribution is -0.118. The molecule has 0 spiro atoms. The minimum absolute atomic E-state index is 0.00694. The summed E-state index contributed by atoms with van der Waals surface area (Å²) < 4.78 is 0. The number of benzene rings is 1. The third kappa shape index (κ3) is 4.46. The highest BCUT2D eigenvalue weighted by Crippen LogP contribution is 2.09. The number of amides is 1. The highest BCUT2D eigenvalue weighted by Gasteiger charge is 1.94. The monoisotopic (exact) mass is 207 g/mol. The number of hydrogen-bond acceptors (Lipinski definition) is 3. The Kier molecular flexibility index (Phi) is 4.63. The first kappa shape index (κ1) is 11.5. The van der Waals surface area contributed by atoms with E-state index in [0.717, 1.165) is 11.3 Å². The molecule has 0 aliphatic carbocycles. The van der Waals surface area contributed by atoms with Crippen LogP contribution in [0.4, 0.5) is 5.69 Å². The molecule has 0 aromatic heterocycles. The zero-order valence-corrected chi connectivity index (χ0v) is 8.92. The van der Waals surface area contributed by atoms with Crippen molar-refractivity contribution in [2.24, 2.45) is 5.73 Å². The second kappa shape index (κ2) is 6.03. The van der Waals surface area contributed by atoms with Crippen LogP contribution in [0.1, 0.15) is 12.5 Å². The summed E-state index contributed by atoms with van der Waals surface area (Å²) in [6, 6.07) is 7.93. The van der Waals surface area contributed by atoms with Crippen molar-refractivity contribution in [1.29, 1.82) is 0 Å². The Morgan fingerprint density at radius 2 is 2.20 bits per heavy atom. The molecule has 4 nitrogen and oxygen atoms in total. The average Bonchev–Trinajstić information content (AvgIpc) is 2.24. The molecule has 1 amide bonds. The molecule has 0 saturated carbocycles.